The van der Waals surface area contributed by atoms with E-state index in [1.165, 1.54) is 18.4 Å². The first-order valence-electron chi connectivity index (χ1n) is 6.36. The van der Waals surface area contributed by atoms with Crippen LogP contribution in [-0.4, -0.2) is 18.3 Å². The van der Waals surface area contributed by atoms with Gasteiger partial charge in [-0.05, 0) is 37.5 Å². The lowest BCUT2D eigenvalue weighted by molar-refractivity contribution is 0.142. The molecule has 3 heteroatoms. The average Bonchev–Trinajstić information content (AvgIpc) is 2.80. The summed E-state index contributed by atoms with van der Waals surface area (Å²) in [5, 5.41) is 12.9. The summed E-state index contributed by atoms with van der Waals surface area (Å²) in [5.74, 6) is 0. The van der Waals surface area contributed by atoms with Crippen molar-refractivity contribution in [3.05, 3.63) is 23.8 Å². The second kappa shape index (κ2) is 4.96. The summed E-state index contributed by atoms with van der Waals surface area (Å²) in [7, 11) is 0. The molecule has 2 rings (SSSR count). The smallest absolute Gasteiger partial charge is 0.0576 e. The van der Waals surface area contributed by atoms with Gasteiger partial charge in [0.15, 0.2) is 0 Å². The minimum absolute atomic E-state index is 0.0657. The van der Waals surface area contributed by atoms with Crippen molar-refractivity contribution in [3.8, 4) is 0 Å². The minimum atomic E-state index is 0.0657. The van der Waals surface area contributed by atoms with E-state index in [0.717, 1.165) is 30.8 Å². The van der Waals surface area contributed by atoms with Gasteiger partial charge in [0.25, 0.3) is 0 Å². The zero-order chi connectivity index (χ0) is 12.3. The molecular formula is C14H22N2O. The van der Waals surface area contributed by atoms with Gasteiger partial charge in [-0.25, -0.2) is 0 Å². The zero-order valence-electron chi connectivity index (χ0n) is 10.5. The molecular weight excluding hydrogens is 212 g/mol. The van der Waals surface area contributed by atoms with Gasteiger partial charge in [-0.1, -0.05) is 18.9 Å². The van der Waals surface area contributed by atoms with E-state index in [1.807, 2.05) is 12.1 Å². The zero-order valence-corrected chi connectivity index (χ0v) is 10.5. The Hall–Kier alpha value is -1.22. The van der Waals surface area contributed by atoms with Gasteiger partial charge in [-0.2, -0.15) is 0 Å². The van der Waals surface area contributed by atoms with E-state index >= 15 is 0 Å². The van der Waals surface area contributed by atoms with Crippen molar-refractivity contribution in [2.75, 3.05) is 24.2 Å². The van der Waals surface area contributed by atoms with Crippen molar-refractivity contribution in [2.45, 2.75) is 32.6 Å². The highest BCUT2D eigenvalue weighted by molar-refractivity contribution is 5.67. The first kappa shape index (κ1) is 12.2. The van der Waals surface area contributed by atoms with Crippen LogP contribution in [0.1, 0.15) is 31.2 Å². The number of aryl methyl sites for hydroxylation is 1. The maximum atomic E-state index is 9.55. The van der Waals surface area contributed by atoms with Crippen molar-refractivity contribution in [2.24, 2.45) is 5.41 Å². The molecule has 1 aromatic carbocycles. The van der Waals surface area contributed by atoms with Crippen LogP contribution >= 0.6 is 0 Å². The molecule has 1 aromatic rings. The molecule has 0 aromatic heterocycles. The fourth-order valence-corrected chi connectivity index (χ4v) is 2.62. The van der Waals surface area contributed by atoms with Crippen LogP contribution in [0.25, 0.3) is 0 Å². The molecule has 0 saturated heterocycles. The molecule has 0 atom stereocenters. The average molecular weight is 234 g/mol. The predicted octanol–water partition coefficient (Wildman–Crippen LogP) is 2.54. The number of aliphatic hydroxyl groups excluding tert-OH is 1. The third-order valence-corrected chi connectivity index (χ3v) is 3.86. The Kier molecular flexibility index (Phi) is 3.57. The molecule has 3 nitrogen and oxygen atoms in total. The van der Waals surface area contributed by atoms with E-state index in [-0.39, 0.29) is 12.0 Å². The van der Waals surface area contributed by atoms with Crippen LogP contribution in [0, 0.1) is 12.3 Å². The summed E-state index contributed by atoms with van der Waals surface area (Å²) in [4.78, 5) is 0. The third-order valence-electron chi connectivity index (χ3n) is 3.86. The summed E-state index contributed by atoms with van der Waals surface area (Å²) in [6.45, 7) is 3.14. The van der Waals surface area contributed by atoms with Crippen LogP contribution < -0.4 is 11.1 Å². The Morgan fingerprint density at radius 2 is 2.06 bits per heavy atom. The second-order valence-corrected chi connectivity index (χ2v) is 5.31. The molecule has 1 fully saturated rings. The Morgan fingerprint density at radius 3 is 2.71 bits per heavy atom. The number of benzene rings is 1. The number of nitrogens with one attached hydrogen (secondary N) is 1. The lowest BCUT2D eigenvalue weighted by atomic mass is 9.87. The summed E-state index contributed by atoms with van der Waals surface area (Å²) in [6.07, 6.45) is 4.68. The molecule has 1 aliphatic carbocycles. The number of nitrogen functional groups attached to an aromatic ring is 1. The van der Waals surface area contributed by atoms with Crippen molar-refractivity contribution >= 4 is 11.4 Å². The van der Waals surface area contributed by atoms with Gasteiger partial charge in [0.05, 0.1) is 18.0 Å². The Bertz CT molecular complexity index is 384. The predicted molar refractivity (Wildman–Crippen MR) is 72.1 cm³/mol. The van der Waals surface area contributed by atoms with Crippen molar-refractivity contribution < 1.29 is 5.11 Å². The van der Waals surface area contributed by atoms with Gasteiger partial charge in [-0.3, -0.25) is 0 Å². The molecule has 1 saturated carbocycles. The highest BCUT2D eigenvalue weighted by atomic mass is 16.3. The molecule has 0 amide bonds. The highest BCUT2D eigenvalue weighted by Crippen LogP contribution is 2.38. The lowest BCUT2D eigenvalue weighted by Gasteiger charge is -2.27. The van der Waals surface area contributed by atoms with Crippen LogP contribution in [0.15, 0.2) is 18.2 Å². The molecule has 0 radical (unpaired) electrons. The maximum absolute atomic E-state index is 9.55. The maximum Gasteiger partial charge on any atom is 0.0576 e. The number of hydrogen-bond acceptors (Lipinski definition) is 3. The summed E-state index contributed by atoms with van der Waals surface area (Å²) in [6, 6.07) is 6.01. The van der Waals surface area contributed by atoms with E-state index in [0.29, 0.717) is 0 Å². The largest absolute Gasteiger partial charge is 0.397 e. The number of anilines is 2. The second-order valence-electron chi connectivity index (χ2n) is 5.31. The summed E-state index contributed by atoms with van der Waals surface area (Å²) in [5.41, 5.74) is 8.97. The van der Waals surface area contributed by atoms with Crippen molar-refractivity contribution in [3.63, 3.8) is 0 Å². The molecule has 0 unspecified atom stereocenters. The van der Waals surface area contributed by atoms with E-state index in [1.54, 1.807) is 0 Å². The first-order valence-corrected chi connectivity index (χ1v) is 6.36. The number of aliphatic hydroxyl groups is 1. The molecule has 0 heterocycles. The highest BCUT2D eigenvalue weighted by Gasteiger charge is 2.32. The van der Waals surface area contributed by atoms with Gasteiger partial charge in [-0.15, -0.1) is 0 Å². The van der Waals surface area contributed by atoms with Gasteiger partial charge in [0.1, 0.15) is 0 Å². The topological polar surface area (TPSA) is 58.3 Å². The monoisotopic (exact) mass is 234 g/mol. The molecule has 4 N–H and O–H groups in total. The quantitative estimate of drug-likeness (QED) is 0.702. The fraction of sp³-hybridized carbons (Fsp3) is 0.571. The molecule has 1 aliphatic rings. The number of nitrogens with two attached hydrogens (primary N) is 1. The van der Waals surface area contributed by atoms with Crippen LogP contribution in [0.2, 0.25) is 0 Å². The number of hydrogen-bond donors (Lipinski definition) is 3. The van der Waals surface area contributed by atoms with Gasteiger partial charge in [0.2, 0.25) is 0 Å². The SMILES string of the molecule is Cc1ccc(N)c(NCC2(CO)CCCC2)c1. The van der Waals surface area contributed by atoms with Crippen LogP contribution in [0.3, 0.4) is 0 Å². The first-order chi connectivity index (χ1) is 8.15. The lowest BCUT2D eigenvalue weighted by Crippen LogP contribution is -2.30. The van der Waals surface area contributed by atoms with Gasteiger partial charge in [0, 0.05) is 12.0 Å². The fourth-order valence-electron chi connectivity index (χ4n) is 2.62. The summed E-state index contributed by atoms with van der Waals surface area (Å²) < 4.78 is 0. The standard InChI is InChI=1S/C14H22N2O/c1-11-4-5-12(15)13(8-11)16-9-14(10-17)6-2-3-7-14/h4-5,8,16-17H,2-3,6-7,9-10,15H2,1H3. The van der Waals surface area contributed by atoms with Crippen LogP contribution in [0.5, 0.6) is 0 Å². The Balaban J connectivity index is 2.03. The van der Waals surface area contributed by atoms with Crippen LogP contribution in [-0.2, 0) is 0 Å². The van der Waals surface area contributed by atoms with E-state index in [9.17, 15) is 5.11 Å². The van der Waals surface area contributed by atoms with E-state index in [4.69, 9.17) is 5.73 Å². The Morgan fingerprint density at radius 1 is 1.35 bits per heavy atom. The molecule has 0 aliphatic heterocycles. The molecule has 0 bridgehead atoms. The minimum Gasteiger partial charge on any atom is -0.397 e. The van der Waals surface area contributed by atoms with Gasteiger partial charge >= 0.3 is 0 Å². The van der Waals surface area contributed by atoms with Crippen LogP contribution in [0.4, 0.5) is 11.4 Å². The van der Waals surface area contributed by atoms with E-state index in [2.05, 4.69) is 18.3 Å². The summed E-state index contributed by atoms with van der Waals surface area (Å²) >= 11 is 0. The molecule has 0 spiro atoms. The van der Waals surface area contributed by atoms with Crippen molar-refractivity contribution in [1.29, 1.82) is 0 Å². The number of rotatable bonds is 4. The Labute approximate surface area is 103 Å². The molecule has 94 valence electrons. The third kappa shape index (κ3) is 2.72. The van der Waals surface area contributed by atoms with Gasteiger partial charge < -0.3 is 16.2 Å². The normalized spacial score (nSPS) is 18.2. The molecule has 17 heavy (non-hydrogen) atoms. The van der Waals surface area contributed by atoms with Crippen molar-refractivity contribution in [1.82, 2.24) is 0 Å². The van der Waals surface area contributed by atoms with E-state index < -0.39 is 0 Å².